The Balaban J connectivity index is 1.96. The SMILES string of the molecule is C=CCCCN1CCCN1. The lowest BCUT2D eigenvalue weighted by atomic mass is 10.3. The zero-order valence-corrected chi connectivity index (χ0v) is 6.47. The first-order valence-corrected chi connectivity index (χ1v) is 4.03. The van der Waals surface area contributed by atoms with Crippen LogP contribution in [0.4, 0.5) is 0 Å². The molecule has 0 radical (unpaired) electrons. The van der Waals surface area contributed by atoms with Crippen LogP contribution in [-0.4, -0.2) is 24.6 Å². The Kier molecular flexibility index (Phi) is 3.47. The van der Waals surface area contributed by atoms with Gasteiger partial charge < -0.3 is 0 Å². The Morgan fingerprint density at radius 2 is 2.50 bits per heavy atom. The number of unbranched alkanes of at least 4 members (excludes halogenated alkanes) is 1. The molecular formula is C8H16N2. The van der Waals surface area contributed by atoms with Crippen molar-refractivity contribution in [1.82, 2.24) is 10.4 Å². The zero-order valence-electron chi connectivity index (χ0n) is 6.47. The van der Waals surface area contributed by atoms with Gasteiger partial charge in [0.2, 0.25) is 0 Å². The van der Waals surface area contributed by atoms with Gasteiger partial charge >= 0.3 is 0 Å². The van der Waals surface area contributed by atoms with E-state index in [9.17, 15) is 0 Å². The van der Waals surface area contributed by atoms with Gasteiger partial charge in [-0.15, -0.1) is 6.58 Å². The molecule has 1 aliphatic rings. The molecule has 0 atom stereocenters. The molecule has 1 aliphatic heterocycles. The Hall–Kier alpha value is -0.340. The van der Waals surface area contributed by atoms with Crippen LogP contribution in [0.3, 0.4) is 0 Å². The summed E-state index contributed by atoms with van der Waals surface area (Å²) in [5.41, 5.74) is 3.31. The molecule has 2 heteroatoms. The van der Waals surface area contributed by atoms with E-state index < -0.39 is 0 Å². The predicted molar refractivity (Wildman–Crippen MR) is 43.6 cm³/mol. The highest BCUT2D eigenvalue weighted by Crippen LogP contribution is 1.98. The summed E-state index contributed by atoms with van der Waals surface area (Å²) in [4.78, 5) is 0. The lowest BCUT2D eigenvalue weighted by Crippen LogP contribution is -2.31. The first-order valence-electron chi connectivity index (χ1n) is 4.03. The lowest BCUT2D eigenvalue weighted by Gasteiger charge is -2.13. The third-order valence-corrected chi connectivity index (χ3v) is 1.78. The van der Waals surface area contributed by atoms with Crippen LogP contribution >= 0.6 is 0 Å². The van der Waals surface area contributed by atoms with Gasteiger partial charge in [0, 0.05) is 19.6 Å². The number of hydrogen-bond acceptors (Lipinski definition) is 2. The second-order valence-electron chi connectivity index (χ2n) is 2.68. The molecule has 0 bridgehead atoms. The van der Waals surface area contributed by atoms with Crippen molar-refractivity contribution in [2.45, 2.75) is 19.3 Å². The molecule has 0 aromatic heterocycles. The molecule has 0 unspecified atom stereocenters. The Morgan fingerprint density at radius 1 is 1.60 bits per heavy atom. The van der Waals surface area contributed by atoms with Crippen molar-refractivity contribution in [2.75, 3.05) is 19.6 Å². The van der Waals surface area contributed by atoms with Crippen molar-refractivity contribution in [1.29, 1.82) is 0 Å². The Morgan fingerprint density at radius 3 is 3.10 bits per heavy atom. The lowest BCUT2D eigenvalue weighted by molar-refractivity contribution is 0.251. The van der Waals surface area contributed by atoms with Gasteiger partial charge in [-0.3, -0.25) is 5.43 Å². The fraction of sp³-hybridized carbons (Fsp3) is 0.750. The molecule has 1 rings (SSSR count). The average Bonchev–Trinajstić information content (AvgIpc) is 2.41. The van der Waals surface area contributed by atoms with Crippen molar-refractivity contribution in [2.24, 2.45) is 0 Å². The van der Waals surface area contributed by atoms with Crippen LogP contribution in [0.25, 0.3) is 0 Å². The molecular weight excluding hydrogens is 124 g/mol. The second kappa shape index (κ2) is 4.47. The van der Waals surface area contributed by atoms with Gasteiger partial charge in [-0.1, -0.05) is 6.08 Å². The molecule has 10 heavy (non-hydrogen) atoms. The van der Waals surface area contributed by atoms with Gasteiger partial charge in [0.05, 0.1) is 0 Å². The van der Waals surface area contributed by atoms with E-state index in [1.54, 1.807) is 0 Å². The quantitative estimate of drug-likeness (QED) is 0.465. The minimum Gasteiger partial charge on any atom is -0.255 e. The van der Waals surface area contributed by atoms with E-state index in [2.05, 4.69) is 17.0 Å². The van der Waals surface area contributed by atoms with Gasteiger partial charge in [-0.25, -0.2) is 5.01 Å². The summed E-state index contributed by atoms with van der Waals surface area (Å²) in [5, 5.41) is 2.30. The summed E-state index contributed by atoms with van der Waals surface area (Å²) in [6.45, 7) is 7.24. The van der Waals surface area contributed by atoms with Crippen LogP contribution in [0.5, 0.6) is 0 Å². The van der Waals surface area contributed by atoms with Crippen LogP contribution in [0, 0.1) is 0 Å². The highest BCUT2D eigenvalue weighted by atomic mass is 15.5. The maximum atomic E-state index is 3.69. The number of nitrogens with one attached hydrogen (secondary N) is 1. The molecule has 0 spiro atoms. The zero-order chi connectivity index (χ0) is 7.23. The van der Waals surface area contributed by atoms with E-state index in [1.807, 2.05) is 6.08 Å². The van der Waals surface area contributed by atoms with E-state index in [1.165, 1.54) is 25.9 Å². The van der Waals surface area contributed by atoms with Crippen molar-refractivity contribution >= 4 is 0 Å². The average molecular weight is 140 g/mol. The topological polar surface area (TPSA) is 15.3 Å². The Bertz CT molecular complexity index is 95.4. The summed E-state index contributed by atoms with van der Waals surface area (Å²) >= 11 is 0. The first kappa shape index (κ1) is 7.76. The summed E-state index contributed by atoms with van der Waals surface area (Å²) in [5.74, 6) is 0. The molecule has 1 saturated heterocycles. The van der Waals surface area contributed by atoms with E-state index in [-0.39, 0.29) is 0 Å². The maximum absolute atomic E-state index is 3.69. The normalized spacial score (nSPS) is 19.6. The van der Waals surface area contributed by atoms with Crippen LogP contribution in [0.1, 0.15) is 19.3 Å². The second-order valence-corrected chi connectivity index (χ2v) is 2.68. The smallest absolute Gasteiger partial charge is 0.0143 e. The summed E-state index contributed by atoms with van der Waals surface area (Å²) in [6, 6.07) is 0. The Labute approximate surface area is 62.9 Å². The maximum Gasteiger partial charge on any atom is 0.0143 e. The van der Waals surface area contributed by atoms with Crippen LogP contribution in [0.2, 0.25) is 0 Å². The van der Waals surface area contributed by atoms with Crippen molar-refractivity contribution in [3.05, 3.63) is 12.7 Å². The molecule has 0 aromatic carbocycles. The van der Waals surface area contributed by atoms with Gasteiger partial charge in [-0.2, -0.15) is 0 Å². The van der Waals surface area contributed by atoms with Crippen molar-refractivity contribution < 1.29 is 0 Å². The summed E-state index contributed by atoms with van der Waals surface area (Å²) < 4.78 is 0. The van der Waals surface area contributed by atoms with Crippen molar-refractivity contribution in [3.8, 4) is 0 Å². The van der Waals surface area contributed by atoms with E-state index in [0.717, 1.165) is 13.0 Å². The molecule has 58 valence electrons. The largest absolute Gasteiger partial charge is 0.255 e. The summed E-state index contributed by atoms with van der Waals surface area (Å²) in [6.07, 6.45) is 5.65. The van der Waals surface area contributed by atoms with E-state index in [4.69, 9.17) is 0 Å². The molecule has 1 N–H and O–H groups in total. The van der Waals surface area contributed by atoms with Gasteiger partial charge in [0.15, 0.2) is 0 Å². The number of hydrogen-bond donors (Lipinski definition) is 1. The summed E-state index contributed by atoms with van der Waals surface area (Å²) in [7, 11) is 0. The van der Waals surface area contributed by atoms with E-state index in [0.29, 0.717) is 0 Å². The fourth-order valence-electron chi connectivity index (χ4n) is 1.20. The van der Waals surface area contributed by atoms with Gasteiger partial charge in [0.1, 0.15) is 0 Å². The molecule has 0 saturated carbocycles. The standard InChI is InChI=1S/C8H16N2/c1-2-3-4-7-10-8-5-6-9-10/h2,9H,1,3-8H2. The predicted octanol–water partition coefficient (Wildman–Crippen LogP) is 1.16. The minimum absolute atomic E-state index is 1.14. The van der Waals surface area contributed by atoms with Crippen LogP contribution in [-0.2, 0) is 0 Å². The van der Waals surface area contributed by atoms with Crippen LogP contribution < -0.4 is 5.43 Å². The van der Waals surface area contributed by atoms with Gasteiger partial charge in [0.25, 0.3) is 0 Å². The molecule has 0 amide bonds. The molecule has 2 nitrogen and oxygen atoms in total. The van der Waals surface area contributed by atoms with Crippen molar-refractivity contribution in [3.63, 3.8) is 0 Å². The van der Waals surface area contributed by atoms with E-state index >= 15 is 0 Å². The monoisotopic (exact) mass is 140 g/mol. The number of hydrazine groups is 1. The first-order chi connectivity index (χ1) is 4.93. The minimum atomic E-state index is 1.14. The molecule has 1 heterocycles. The highest BCUT2D eigenvalue weighted by Gasteiger charge is 2.08. The van der Waals surface area contributed by atoms with Gasteiger partial charge in [-0.05, 0) is 19.3 Å². The third kappa shape index (κ3) is 2.50. The molecule has 0 aliphatic carbocycles. The fourth-order valence-corrected chi connectivity index (χ4v) is 1.20. The molecule has 0 aromatic rings. The van der Waals surface area contributed by atoms with Crippen LogP contribution in [0.15, 0.2) is 12.7 Å². The highest BCUT2D eigenvalue weighted by molar-refractivity contribution is 4.68. The molecule has 1 fully saturated rings. The third-order valence-electron chi connectivity index (χ3n) is 1.78. The number of allylic oxidation sites excluding steroid dienone is 1. The number of nitrogens with zero attached hydrogens (tertiary/aromatic N) is 1. The number of rotatable bonds is 4.